The molecule has 3 rings (SSSR count). The molecule has 2 aliphatic rings. The summed E-state index contributed by atoms with van der Waals surface area (Å²) < 4.78 is 37.4. The van der Waals surface area contributed by atoms with E-state index in [1.54, 1.807) is 0 Å². The van der Waals surface area contributed by atoms with E-state index in [4.69, 9.17) is 15.0 Å². The molecule has 10 heteroatoms. The zero-order valence-corrected chi connectivity index (χ0v) is 17.3. The fourth-order valence-corrected chi connectivity index (χ4v) is 4.92. The summed E-state index contributed by atoms with van der Waals surface area (Å²) in [5, 5.41) is -0.151. The number of likely N-dealkylation sites (tertiary alicyclic amines) is 1. The van der Waals surface area contributed by atoms with Crippen LogP contribution < -0.4 is 11.2 Å². The van der Waals surface area contributed by atoms with E-state index < -0.39 is 28.2 Å². The molecule has 2 aliphatic heterocycles. The number of nitrogens with zero attached hydrogens (tertiary/aromatic N) is 3. The van der Waals surface area contributed by atoms with Crippen molar-refractivity contribution in [2.75, 3.05) is 25.4 Å². The fourth-order valence-electron chi connectivity index (χ4n) is 3.46. The summed E-state index contributed by atoms with van der Waals surface area (Å²) >= 11 is 0. The Balaban J connectivity index is 1.71. The first-order valence-electron chi connectivity index (χ1n) is 9.40. The van der Waals surface area contributed by atoms with Crippen molar-refractivity contribution >= 4 is 22.4 Å². The Labute approximate surface area is 161 Å². The van der Waals surface area contributed by atoms with Gasteiger partial charge in [-0.2, -0.15) is 0 Å². The number of nitrogens with two attached hydrogens (primary N) is 1. The maximum atomic E-state index is 12.7. The SMILES string of the molecule is CC1(C)OB(c2cnc(S(=O)(=O)C[C@H]3CCCN3CCN)nc2)OC1(C)C. The molecule has 0 aliphatic carbocycles. The van der Waals surface area contributed by atoms with Gasteiger partial charge in [0.2, 0.25) is 15.0 Å². The lowest BCUT2D eigenvalue weighted by molar-refractivity contribution is 0.00578. The molecule has 0 spiro atoms. The van der Waals surface area contributed by atoms with Crippen LogP contribution in [0.2, 0.25) is 0 Å². The number of sulfone groups is 1. The van der Waals surface area contributed by atoms with Gasteiger partial charge in [-0.15, -0.1) is 0 Å². The number of hydrogen-bond acceptors (Lipinski definition) is 8. The topological polar surface area (TPSA) is 108 Å². The first-order chi connectivity index (χ1) is 12.6. The minimum absolute atomic E-state index is 0.0167. The summed E-state index contributed by atoms with van der Waals surface area (Å²) in [6, 6.07) is -0.0232. The molecule has 0 bridgehead atoms. The quantitative estimate of drug-likeness (QED) is 0.528. The first kappa shape index (κ1) is 20.7. The highest BCUT2D eigenvalue weighted by Gasteiger charge is 2.52. The lowest BCUT2D eigenvalue weighted by Crippen LogP contribution is -2.41. The van der Waals surface area contributed by atoms with Crippen LogP contribution in [0.3, 0.4) is 0 Å². The predicted octanol–water partition coefficient (Wildman–Crippen LogP) is -0.0274. The van der Waals surface area contributed by atoms with E-state index in [9.17, 15) is 8.42 Å². The molecule has 2 N–H and O–H groups in total. The molecule has 1 aromatic rings. The van der Waals surface area contributed by atoms with Gasteiger partial charge in [-0.05, 0) is 47.1 Å². The van der Waals surface area contributed by atoms with Crippen LogP contribution in [-0.2, 0) is 19.1 Å². The van der Waals surface area contributed by atoms with Gasteiger partial charge in [0.25, 0.3) is 0 Å². The van der Waals surface area contributed by atoms with E-state index >= 15 is 0 Å². The second-order valence-corrected chi connectivity index (χ2v) is 10.2. The van der Waals surface area contributed by atoms with Crippen molar-refractivity contribution < 1.29 is 17.7 Å². The fraction of sp³-hybridized carbons (Fsp3) is 0.765. The second-order valence-electron chi connectivity index (χ2n) is 8.29. The highest BCUT2D eigenvalue weighted by Crippen LogP contribution is 2.36. The summed E-state index contributed by atoms with van der Waals surface area (Å²) in [6.45, 7) is 9.96. The molecule has 0 amide bonds. The molecule has 3 heterocycles. The largest absolute Gasteiger partial charge is 0.498 e. The molecule has 1 aromatic heterocycles. The van der Waals surface area contributed by atoms with Crippen LogP contribution in [0.5, 0.6) is 0 Å². The minimum Gasteiger partial charge on any atom is -0.399 e. The summed E-state index contributed by atoms with van der Waals surface area (Å²) in [7, 11) is -4.18. The van der Waals surface area contributed by atoms with Gasteiger partial charge < -0.3 is 15.0 Å². The predicted molar refractivity (Wildman–Crippen MR) is 103 cm³/mol. The van der Waals surface area contributed by atoms with Crippen LogP contribution >= 0.6 is 0 Å². The zero-order valence-electron chi connectivity index (χ0n) is 16.5. The van der Waals surface area contributed by atoms with Crippen molar-refractivity contribution in [2.24, 2.45) is 5.73 Å². The molecule has 27 heavy (non-hydrogen) atoms. The van der Waals surface area contributed by atoms with Gasteiger partial charge in [0.05, 0.1) is 17.0 Å². The first-order valence-corrected chi connectivity index (χ1v) is 11.1. The summed E-state index contributed by atoms with van der Waals surface area (Å²) in [5.74, 6) is 0.0167. The highest BCUT2D eigenvalue weighted by molar-refractivity contribution is 7.91. The molecule has 8 nitrogen and oxygen atoms in total. The average Bonchev–Trinajstić information content (AvgIpc) is 3.09. The second kappa shape index (κ2) is 7.40. The van der Waals surface area contributed by atoms with E-state index in [-0.39, 0.29) is 17.0 Å². The third-order valence-corrected chi connectivity index (χ3v) is 7.37. The van der Waals surface area contributed by atoms with Crippen molar-refractivity contribution in [3.63, 3.8) is 0 Å². The maximum absolute atomic E-state index is 12.7. The minimum atomic E-state index is -3.57. The standard InChI is InChI=1S/C17H29BN4O4S/c1-16(2)17(3,4)26-18(25-16)13-10-20-15(21-11-13)27(23,24)12-14-6-5-8-22(14)9-7-19/h10-11,14H,5-9,12,19H2,1-4H3/t14-/m1/s1. The Morgan fingerprint density at radius 1 is 1.22 bits per heavy atom. The smallest absolute Gasteiger partial charge is 0.399 e. The van der Waals surface area contributed by atoms with E-state index in [0.29, 0.717) is 18.6 Å². The van der Waals surface area contributed by atoms with Gasteiger partial charge >= 0.3 is 7.12 Å². The molecular weight excluding hydrogens is 367 g/mol. The zero-order chi connectivity index (χ0) is 19.9. The van der Waals surface area contributed by atoms with Gasteiger partial charge in [-0.25, -0.2) is 18.4 Å². The molecule has 150 valence electrons. The number of aromatic nitrogens is 2. The normalized spacial score (nSPS) is 25.2. The Hall–Kier alpha value is -1.07. The van der Waals surface area contributed by atoms with Crippen LogP contribution in [0.25, 0.3) is 0 Å². The van der Waals surface area contributed by atoms with Gasteiger partial charge in [-0.1, -0.05) is 0 Å². The number of hydrogen-bond donors (Lipinski definition) is 1. The van der Waals surface area contributed by atoms with Crippen LogP contribution in [-0.4, -0.2) is 73.0 Å². The Morgan fingerprint density at radius 3 is 2.37 bits per heavy atom. The molecule has 0 saturated carbocycles. The average molecular weight is 396 g/mol. The van der Waals surface area contributed by atoms with E-state index in [0.717, 1.165) is 19.4 Å². The molecule has 0 radical (unpaired) electrons. The Morgan fingerprint density at radius 2 is 1.81 bits per heavy atom. The third kappa shape index (κ3) is 4.19. The molecular formula is C17H29BN4O4S. The van der Waals surface area contributed by atoms with Crippen molar-refractivity contribution in [1.82, 2.24) is 14.9 Å². The van der Waals surface area contributed by atoms with Crippen molar-refractivity contribution in [1.29, 1.82) is 0 Å². The summed E-state index contributed by atoms with van der Waals surface area (Å²) in [5.41, 5.74) is 5.28. The van der Waals surface area contributed by atoms with E-state index in [1.165, 1.54) is 12.4 Å². The van der Waals surface area contributed by atoms with Crippen molar-refractivity contribution in [2.45, 2.75) is 62.9 Å². The van der Waals surface area contributed by atoms with Gasteiger partial charge in [-0.3, -0.25) is 4.90 Å². The van der Waals surface area contributed by atoms with Gasteiger partial charge in [0.1, 0.15) is 0 Å². The van der Waals surface area contributed by atoms with Gasteiger partial charge in [0, 0.05) is 37.0 Å². The molecule has 0 aromatic carbocycles. The lowest BCUT2D eigenvalue weighted by Gasteiger charge is -2.32. The van der Waals surface area contributed by atoms with Crippen LogP contribution in [0.1, 0.15) is 40.5 Å². The highest BCUT2D eigenvalue weighted by atomic mass is 32.2. The van der Waals surface area contributed by atoms with Crippen LogP contribution in [0.4, 0.5) is 0 Å². The molecule has 2 fully saturated rings. The van der Waals surface area contributed by atoms with E-state index in [2.05, 4.69) is 14.9 Å². The maximum Gasteiger partial charge on any atom is 0.498 e. The molecule has 1 atom stereocenters. The summed E-state index contributed by atoms with van der Waals surface area (Å²) in [6.07, 6.45) is 4.80. The molecule has 0 unspecified atom stereocenters. The van der Waals surface area contributed by atoms with Crippen LogP contribution in [0.15, 0.2) is 17.6 Å². The Kier molecular flexibility index (Phi) is 5.66. The Bertz CT molecular complexity index is 754. The van der Waals surface area contributed by atoms with E-state index in [1.807, 2.05) is 27.7 Å². The monoisotopic (exact) mass is 396 g/mol. The van der Waals surface area contributed by atoms with Gasteiger partial charge in [0.15, 0.2) is 0 Å². The summed E-state index contributed by atoms with van der Waals surface area (Å²) in [4.78, 5) is 10.3. The lowest BCUT2D eigenvalue weighted by atomic mass is 9.81. The van der Waals surface area contributed by atoms with Crippen molar-refractivity contribution in [3.8, 4) is 0 Å². The van der Waals surface area contributed by atoms with Crippen LogP contribution in [0, 0.1) is 0 Å². The molecule has 2 saturated heterocycles. The third-order valence-electron chi connectivity index (χ3n) is 5.78. The number of rotatable bonds is 6. The van der Waals surface area contributed by atoms with Crippen molar-refractivity contribution in [3.05, 3.63) is 12.4 Å².